The summed E-state index contributed by atoms with van der Waals surface area (Å²) in [6.07, 6.45) is 2.53. The second kappa shape index (κ2) is 4.66. The van der Waals surface area contributed by atoms with Crippen LogP contribution in [-0.2, 0) is 4.74 Å². The van der Waals surface area contributed by atoms with Crippen LogP contribution in [0.3, 0.4) is 0 Å². The van der Waals surface area contributed by atoms with Crippen LogP contribution in [0.2, 0.25) is 0 Å². The SMILES string of the molecule is CN(C(=O)c1cc2ccccn2c1)[C@@H]1COC[C@H]1F. The largest absolute Gasteiger partial charge is 0.376 e. The number of likely N-dealkylation sites (N-methyl/N-ethyl adjacent to an activating group) is 1. The van der Waals surface area contributed by atoms with Crippen molar-refractivity contribution < 1.29 is 13.9 Å². The number of nitrogens with zero attached hydrogens (tertiary/aromatic N) is 2. The molecule has 4 nitrogen and oxygen atoms in total. The van der Waals surface area contributed by atoms with Gasteiger partial charge in [-0.1, -0.05) is 6.07 Å². The maximum atomic E-state index is 13.6. The second-order valence-electron chi connectivity index (χ2n) is 4.80. The minimum Gasteiger partial charge on any atom is -0.376 e. The molecule has 2 atom stereocenters. The maximum absolute atomic E-state index is 13.6. The third kappa shape index (κ3) is 2.10. The van der Waals surface area contributed by atoms with Gasteiger partial charge < -0.3 is 14.0 Å². The number of halogens is 1. The number of carbonyl (C=O) groups is 1. The summed E-state index contributed by atoms with van der Waals surface area (Å²) in [5.74, 6) is -0.179. The Bertz CT molecular complexity index is 577. The molecule has 19 heavy (non-hydrogen) atoms. The van der Waals surface area contributed by atoms with E-state index in [4.69, 9.17) is 4.74 Å². The maximum Gasteiger partial charge on any atom is 0.255 e. The summed E-state index contributed by atoms with van der Waals surface area (Å²) in [5, 5.41) is 0. The van der Waals surface area contributed by atoms with Gasteiger partial charge in [-0.25, -0.2) is 4.39 Å². The number of carbonyl (C=O) groups excluding carboxylic acids is 1. The lowest BCUT2D eigenvalue weighted by Gasteiger charge is -2.24. The number of amides is 1. The Hall–Kier alpha value is -1.88. The Kier molecular flexibility index (Phi) is 2.98. The third-order valence-electron chi connectivity index (χ3n) is 3.55. The van der Waals surface area contributed by atoms with Crippen LogP contribution in [0.1, 0.15) is 10.4 Å². The van der Waals surface area contributed by atoms with E-state index in [1.54, 1.807) is 13.2 Å². The molecule has 1 fully saturated rings. The number of pyridine rings is 1. The van der Waals surface area contributed by atoms with Crippen molar-refractivity contribution in [1.29, 1.82) is 0 Å². The summed E-state index contributed by atoms with van der Waals surface area (Å²) < 4.78 is 20.5. The number of alkyl halides is 1. The minimum absolute atomic E-state index is 0.0695. The van der Waals surface area contributed by atoms with Crippen molar-refractivity contribution in [2.45, 2.75) is 12.2 Å². The van der Waals surface area contributed by atoms with E-state index in [0.29, 0.717) is 5.56 Å². The summed E-state index contributed by atoms with van der Waals surface area (Å²) in [7, 11) is 1.62. The van der Waals surface area contributed by atoms with Crippen molar-refractivity contribution in [3.05, 3.63) is 42.2 Å². The lowest BCUT2D eigenvalue weighted by Crippen LogP contribution is -2.42. The van der Waals surface area contributed by atoms with Crippen LogP contribution >= 0.6 is 0 Å². The van der Waals surface area contributed by atoms with Gasteiger partial charge in [-0.3, -0.25) is 4.79 Å². The normalized spacial score (nSPS) is 22.8. The van der Waals surface area contributed by atoms with Crippen LogP contribution in [0.5, 0.6) is 0 Å². The molecule has 0 radical (unpaired) electrons. The number of fused-ring (bicyclic) bond motifs is 1. The van der Waals surface area contributed by atoms with Gasteiger partial charge in [0.25, 0.3) is 5.91 Å². The lowest BCUT2D eigenvalue weighted by molar-refractivity contribution is 0.0672. The van der Waals surface area contributed by atoms with Gasteiger partial charge in [0.1, 0.15) is 6.17 Å². The zero-order valence-corrected chi connectivity index (χ0v) is 10.6. The molecule has 0 saturated carbocycles. The van der Waals surface area contributed by atoms with E-state index >= 15 is 0 Å². The van der Waals surface area contributed by atoms with Gasteiger partial charge in [0.15, 0.2) is 0 Å². The summed E-state index contributed by atoms with van der Waals surface area (Å²) in [6.45, 7) is 0.330. The molecule has 1 aliphatic heterocycles. The fourth-order valence-corrected chi connectivity index (χ4v) is 2.40. The Labute approximate surface area is 110 Å². The Morgan fingerprint density at radius 1 is 1.47 bits per heavy atom. The van der Waals surface area contributed by atoms with E-state index in [1.165, 1.54) is 4.90 Å². The Morgan fingerprint density at radius 2 is 2.32 bits per heavy atom. The summed E-state index contributed by atoms with van der Waals surface area (Å²) in [5.41, 5.74) is 1.51. The predicted octanol–water partition coefficient (Wildman–Crippen LogP) is 1.75. The number of rotatable bonds is 2. The molecule has 3 rings (SSSR count). The molecule has 3 heterocycles. The van der Waals surface area contributed by atoms with Crippen LogP contribution in [0.15, 0.2) is 36.7 Å². The van der Waals surface area contributed by atoms with Crippen LogP contribution in [-0.4, -0.2) is 47.7 Å². The average molecular weight is 262 g/mol. The Balaban J connectivity index is 1.86. The van der Waals surface area contributed by atoms with Gasteiger partial charge in [0, 0.05) is 25.0 Å². The molecule has 2 aromatic rings. The highest BCUT2D eigenvalue weighted by Crippen LogP contribution is 2.18. The molecule has 0 aromatic carbocycles. The fraction of sp³-hybridized carbons (Fsp3) is 0.357. The van der Waals surface area contributed by atoms with E-state index in [1.807, 2.05) is 34.9 Å². The van der Waals surface area contributed by atoms with Crippen molar-refractivity contribution in [2.24, 2.45) is 0 Å². The summed E-state index contributed by atoms with van der Waals surface area (Å²) >= 11 is 0. The van der Waals surface area contributed by atoms with Gasteiger partial charge in [0.2, 0.25) is 0 Å². The number of ether oxygens (including phenoxy) is 1. The van der Waals surface area contributed by atoms with Crippen molar-refractivity contribution in [1.82, 2.24) is 9.30 Å². The molecule has 0 N–H and O–H groups in total. The van der Waals surface area contributed by atoms with Crippen molar-refractivity contribution in [3.8, 4) is 0 Å². The van der Waals surface area contributed by atoms with E-state index in [-0.39, 0.29) is 19.1 Å². The molecular weight excluding hydrogens is 247 g/mol. The smallest absolute Gasteiger partial charge is 0.255 e. The minimum atomic E-state index is -1.11. The van der Waals surface area contributed by atoms with E-state index < -0.39 is 12.2 Å². The van der Waals surface area contributed by atoms with Crippen LogP contribution in [0.25, 0.3) is 5.52 Å². The molecule has 1 aliphatic rings. The molecule has 100 valence electrons. The van der Waals surface area contributed by atoms with E-state index in [2.05, 4.69) is 0 Å². The predicted molar refractivity (Wildman–Crippen MR) is 69.0 cm³/mol. The molecule has 5 heteroatoms. The third-order valence-corrected chi connectivity index (χ3v) is 3.55. The van der Waals surface area contributed by atoms with E-state index in [0.717, 1.165) is 5.52 Å². The van der Waals surface area contributed by atoms with Crippen molar-refractivity contribution in [3.63, 3.8) is 0 Å². The first-order valence-electron chi connectivity index (χ1n) is 6.22. The highest BCUT2D eigenvalue weighted by Gasteiger charge is 2.34. The zero-order chi connectivity index (χ0) is 13.4. The monoisotopic (exact) mass is 262 g/mol. The number of aromatic nitrogens is 1. The quantitative estimate of drug-likeness (QED) is 0.826. The molecular formula is C14H15FN2O2. The van der Waals surface area contributed by atoms with Gasteiger partial charge >= 0.3 is 0 Å². The fourth-order valence-electron chi connectivity index (χ4n) is 2.40. The first-order valence-corrected chi connectivity index (χ1v) is 6.22. The zero-order valence-electron chi connectivity index (χ0n) is 10.6. The molecule has 1 amide bonds. The van der Waals surface area contributed by atoms with Crippen molar-refractivity contribution in [2.75, 3.05) is 20.3 Å². The topological polar surface area (TPSA) is 34.0 Å². The average Bonchev–Trinajstić information content (AvgIpc) is 3.02. The van der Waals surface area contributed by atoms with E-state index in [9.17, 15) is 9.18 Å². The van der Waals surface area contributed by atoms with Gasteiger partial charge in [-0.15, -0.1) is 0 Å². The van der Waals surface area contributed by atoms with Crippen LogP contribution in [0, 0.1) is 0 Å². The highest BCUT2D eigenvalue weighted by atomic mass is 19.1. The molecule has 2 aromatic heterocycles. The molecule has 0 bridgehead atoms. The molecule has 0 aliphatic carbocycles. The van der Waals surface area contributed by atoms with Crippen LogP contribution < -0.4 is 0 Å². The van der Waals surface area contributed by atoms with Gasteiger partial charge in [-0.2, -0.15) is 0 Å². The summed E-state index contributed by atoms with van der Waals surface area (Å²) in [4.78, 5) is 13.8. The van der Waals surface area contributed by atoms with Gasteiger partial charge in [0.05, 0.1) is 24.8 Å². The molecule has 0 unspecified atom stereocenters. The molecule has 0 spiro atoms. The lowest BCUT2D eigenvalue weighted by atomic mass is 10.2. The highest BCUT2D eigenvalue weighted by molar-refractivity contribution is 5.95. The first-order chi connectivity index (χ1) is 9.16. The van der Waals surface area contributed by atoms with Gasteiger partial charge in [-0.05, 0) is 18.2 Å². The number of hydrogen-bond donors (Lipinski definition) is 0. The second-order valence-corrected chi connectivity index (χ2v) is 4.80. The molecule has 1 saturated heterocycles. The standard InChI is InChI=1S/C14H15FN2O2/c1-16(13-9-19-8-12(13)15)14(18)10-6-11-4-2-3-5-17(11)7-10/h2-7,12-13H,8-9H2,1H3/t12-,13-/m1/s1. The Morgan fingerprint density at radius 3 is 3.00 bits per heavy atom. The summed E-state index contributed by atoms with van der Waals surface area (Å²) in [6, 6.07) is 7.05. The first kappa shape index (κ1) is 12.2. The van der Waals surface area contributed by atoms with Crippen LogP contribution in [0.4, 0.5) is 4.39 Å². The number of hydrogen-bond acceptors (Lipinski definition) is 2. The van der Waals surface area contributed by atoms with Crippen molar-refractivity contribution >= 4 is 11.4 Å².